The fourth-order valence-electron chi connectivity index (χ4n) is 2.53. The van der Waals surface area contributed by atoms with Crippen LogP contribution in [0.1, 0.15) is 69.7 Å². The van der Waals surface area contributed by atoms with Gasteiger partial charge in [0, 0.05) is 28.8 Å². The quantitative estimate of drug-likeness (QED) is 0.573. The first-order valence-electron chi connectivity index (χ1n) is 9.07. The molecule has 0 saturated carbocycles. The van der Waals surface area contributed by atoms with Crippen LogP contribution in [0.15, 0.2) is 24.8 Å². The van der Waals surface area contributed by atoms with Gasteiger partial charge in [0.05, 0.1) is 0 Å². The van der Waals surface area contributed by atoms with Gasteiger partial charge in [-0.1, -0.05) is 59.1 Å². The van der Waals surface area contributed by atoms with Crippen LogP contribution >= 0.6 is 0 Å². The predicted octanol–water partition coefficient (Wildman–Crippen LogP) is 6.34. The van der Waals surface area contributed by atoms with Crippen LogP contribution in [0.4, 0.5) is 0 Å². The normalized spacial score (nSPS) is 10.3. The number of benzene rings is 1. The number of nitrogens with one attached hydrogen (secondary N) is 2. The van der Waals surface area contributed by atoms with E-state index in [2.05, 4.69) is 69.7 Å². The highest BCUT2D eigenvalue weighted by molar-refractivity contribution is 5.87. The number of fused-ring (bicyclic) bond motifs is 1. The molecule has 2 heteroatoms. The smallest absolute Gasteiger partial charge is 0.0459 e. The van der Waals surface area contributed by atoms with Crippen LogP contribution in [-0.2, 0) is 0 Å². The van der Waals surface area contributed by atoms with Gasteiger partial charge >= 0.3 is 0 Å². The molecule has 2 N–H and O–H groups in total. The summed E-state index contributed by atoms with van der Waals surface area (Å²) in [7, 11) is 0. The molecule has 0 aliphatic rings. The molecule has 0 spiro atoms. The number of hydrogen-bond donors (Lipinski definition) is 2. The van der Waals surface area contributed by atoms with Crippen LogP contribution in [0.3, 0.4) is 0 Å². The van der Waals surface area contributed by atoms with Crippen molar-refractivity contribution >= 4 is 16.6 Å². The number of H-pyrrole nitrogens is 1. The van der Waals surface area contributed by atoms with Crippen molar-refractivity contribution in [3.63, 3.8) is 0 Å². The molecule has 0 radical (unpaired) electrons. The second-order valence-electron chi connectivity index (χ2n) is 6.25. The van der Waals surface area contributed by atoms with Gasteiger partial charge in [-0.2, -0.15) is 0 Å². The van der Waals surface area contributed by atoms with Gasteiger partial charge in [0.15, 0.2) is 0 Å². The molecule has 0 aliphatic carbocycles. The number of aryl methyl sites for hydroxylation is 2. The highest BCUT2D eigenvalue weighted by Gasteiger charge is 2.06. The lowest BCUT2D eigenvalue weighted by Crippen LogP contribution is -2.11. The zero-order chi connectivity index (χ0) is 17.2. The van der Waals surface area contributed by atoms with Crippen LogP contribution in [0.2, 0.25) is 0 Å². The van der Waals surface area contributed by atoms with E-state index in [4.69, 9.17) is 0 Å². The molecule has 0 saturated heterocycles. The number of hydrogen-bond acceptors (Lipinski definition) is 1. The number of unbranched alkanes of at least 4 members (excludes halogenated alkanes) is 3. The molecule has 2 rings (SSSR count). The Hall–Kier alpha value is -1.70. The first-order valence-corrected chi connectivity index (χ1v) is 9.07. The summed E-state index contributed by atoms with van der Waals surface area (Å²) in [4.78, 5) is 3.39. The first kappa shape index (κ1) is 19.3. The third-order valence-electron chi connectivity index (χ3n) is 4.20. The van der Waals surface area contributed by atoms with Crippen molar-refractivity contribution in [2.24, 2.45) is 0 Å². The lowest BCUT2D eigenvalue weighted by Gasteiger charge is -2.08. The molecular formula is C21H34N2. The van der Waals surface area contributed by atoms with E-state index >= 15 is 0 Å². The van der Waals surface area contributed by atoms with Crippen molar-refractivity contribution in [3.05, 3.63) is 41.6 Å². The highest BCUT2D eigenvalue weighted by atomic mass is 14.9. The SMILES string of the molecule is C=C(NCCC)c1ccc2[nH]c(C)c(C)c2c1.CCCCCC. The van der Waals surface area contributed by atoms with Crippen molar-refractivity contribution in [2.45, 2.75) is 66.7 Å². The predicted molar refractivity (Wildman–Crippen MR) is 105 cm³/mol. The van der Waals surface area contributed by atoms with E-state index in [1.165, 1.54) is 53.4 Å². The summed E-state index contributed by atoms with van der Waals surface area (Å²) in [6.45, 7) is 15.9. The van der Waals surface area contributed by atoms with Crippen LogP contribution in [0.25, 0.3) is 16.6 Å². The average molecular weight is 315 g/mol. The number of rotatable bonds is 7. The summed E-state index contributed by atoms with van der Waals surface area (Å²) in [5.74, 6) is 0. The Morgan fingerprint density at radius 3 is 2.26 bits per heavy atom. The van der Waals surface area contributed by atoms with Crippen molar-refractivity contribution < 1.29 is 0 Å². The lowest BCUT2D eigenvalue weighted by molar-refractivity contribution is 0.702. The van der Waals surface area contributed by atoms with Crippen molar-refractivity contribution in [2.75, 3.05) is 6.54 Å². The molecular weight excluding hydrogens is 280 g/mol. The van der Waals surface area contributed by atoms with E-state index < -0.39 is 0 Å². The summed E-state index contributed by atoms with van der Waals surface area (Å²) in [6, 6.07) is 6.45. The lowest BCUT2D eigenvalue weighted by atomic mass is 10.1. The van der Waals surface area contributed by atoms with Crippen LogP contribution in [0, 0.1) is 13.8 Å². The number of aromatic amines is 1. The summed E-state index contributed by atoms with van der Waals surface area (Å²) >= 11 is 0. The molecule has 0 atom stereocenters. The Kier molecular flexibility index (Phi) is 8.53. The Morgan fingerprint density at radius 1 is 1.04 bits per heavy atom. The second kappa shape index (κ2) is 10.1. The molecule has 0 aliphatic heterocycles. The molecule has 2 nitrogen and oxygen atoms in total. The maximum atomic E-state index is 4.08. The molecule has 23 heavy (non-hydrogen) atoms. The minimum atomic E-state index is 0.974. The van der Waals surface area contributed by atoms with E-state index in [0.717, 1.165) is 18.7 Å². The van der Waals surface area contributed by atoms with E-state index in [-0.39, 0.29) is 0 Å². The molecule has 0 bridgehead atoms. The van der Waals surface area contributed by atoms with E-state index in [1.807, 2.05) is 0 Å². The van der Waals surface area contributed by atoms with Crippen LogP contribution < -0.4 is 5.32 Å². The number of aromatic nitrogens is 1. The van der Waals surface area contributed by atoms with Gasteiger partial charge in [-0.25, -0.2) is 0 Å². The van der Waals surface area contributed by atoms with Crippen molar-refractivity contribution in [1.82, 2.24) is 10.3 Å². The minimum Gasteiger partial charge on any atom is -0.385 e. The maximum absolute atomic E-state index is 4.08. The monoisotopic (exact) mass is 314 g/mol. The van der Waals surface area contributed by atoms with Crippen molar-refractivity contribution in [1.29, 1.82) is 0 Å². The van der Waals surface area contributed by atoms with E-state index in [0.29, 0.717) is 0 Å². The molecule has 0 unspecified atom stereocenters. The van der Waals surface area contributed by atoms with Gasteiger partial charge in [0.2, 0.25) is 0 Å². The highest BCUT2D eigenvalue weighted by Crippen LogP contribution is 2.24. The van der Waals surface area contributed by atoms with E-state index in [9.17, 15) is 0 Å². The fraction of sp³-hybridized carbons (Fsp3) is 0.524. The van der Waals surface area contributed by atoms with Gasteiger partial charge in [-0.3, -0.25) is 0 Å². The summed E-state index contributed by atoms with van der Waals surface area (Å²) in [6.07, 6.45) is 6.65. The third-order valence-corrected chi connectivity index (χ3v) is 4.20. The molecule has 1 heterocycles. The third kappa shape index (κ3) is 5.78. The summed E-state index contributed by atoms with van der Waals surface area (Å²) in [5, 5.41) is 4.63. The van der Waals surface area contributed by atoms with Gasteiger partial charge in [0.1, 0.15) is 0 Å². The molecule has 128 valence electrons. The Bertz CT molecular complexity index is 604. The molecule has 1 aromatic carbocycles. The zero-order valence-corrected chi connectivity index (χ0v) is 15.7. The topological polar surface area (TPSA) is 27.8 Å². The molecule has 2 aromatic rings. The summed E-state index contributed by atoms with van der Waals surface area (Å²) < 4.78 is 0. The Morgan fingerprint density at radius 2 is 1.70 bits per heavy atom. The summed E-state index contributed by atoms with van der Waals surface area (Å²) in [5.41, 5.74) is 5.95. The molecule has 1 aromatic heterocycles. The van der Waals surface area contributed by atoms with Crippen LogP contribution in [-0.4, -0.2) is 11.5 Å². The largest absolute Gasteiger partial charge is 0.385 e. The standard InChI is InChI=1S/C15H20N2.C6H14/c1-5-8-16-12(4)13-6-7-15-14(9-13)10(2)11(3)17-15;1-3-5-6-4-2/h6-7,9,16-17H,4-5,8H2,1-3H3;3-6H2,1-2H3. The average Bonchev–Trinajstić information content (AvgIpc) is 2.85. The van der Waals surface area contributed by atoms with Crippen LogP contribution in [0.5, 0.6) is 0 Å². The molecule has 0 fully saturated rings. The second-order valence-corrected chi connectivity index (χ2v) is 6.25. The van der Waals surface area contributed by atoms with Gasteiger partial charge < -0.3 is 10.3 Å². The zero-order valence-electron chi connectivity index (χ0n) is 15.7. The maximum Gasteiger partial charge on any atom is 0.0459 e. The molecule has 0 amide bonds. The minimum absolute atomic E-state index is 0.974. The first-order chi connectivity index (χ1) is 11.0. The Labute approximate surface area is 142 Å². The fourth-order valence-corrected chi connectivity index (χ4v) is 2.53. The Balaban J connectivity index is 0.000000379. The van der Waals surface area contributed by atoms with Gasteiger partial charge in [-0.15, -0.1) is 0 Å². The van der Waals surface area contributed by atoms with Gasteiger partial charge in [0.25, 0.3) is 0 Å². The van der Waals surface area contributed by atoms with Gasteiger partial charge in [-0.05, 0) is 43.5 Å². The van der Waals surface area contributed by atoms with E-state index in [1.54, 1.807) is 0 Å². The van der Waals surface area contributed by atoms with Crippen molar-refractivity contribution in [3.8, 4) is 0 Å².